The normalized spacial score (nSPS) is 53.2. The molecule has 0 aromatic rings. The molecule has 4 saturated carbocycles. The molecular formula is C23H32O3. The minimum Gasteiger partial charge on any atom is -0.455 e. The fourth-order valence-electron chi connectivity index (χ4n) is 8.10. The third-order valence-electron chi connectivity index (χ3n) is 9.65. The second-order valence-corrected chi connectivity index (χ2v) is 10.6. The van der Waals surface area contributed by atoms with E-state index in [1.54, 1.807) is 0 Å². The maximum Gasteiger partial charge on any atom is 0.334 e. The van der Waals surface area contributed by atoms with Crippen LogP contribution in [0.4, 0.5) is 0 Å². The monoisotopic (exact) mass is 356 g/mol. The lowest BCUT2D eigenvalue weighted by molar-refractivity contribution is -0.169. The van der Waals surface area contributed by atoms with Crippen molar-refractivity contribution in [2.75, 3.05) is 0 Å². The van der Waals surface area contributed by atoms with Gasteiger partial charge in [-0.25, -0.2) is 4.79 Å². The summed E-state index contributed by atoms with van der Waals surface area (Å²) >= 11 is 0. The van der Waals surface area contributed by atoms with Crippen molar-refractivity contribution in [1.29, 1.82) is 0 Å². The van der Waals surface area contributed by atoms with Crippen molar-refractivity contribution in [3.8, 4) is 0 Å². The number of rotatable bonds is 0. The highest BCUT2D eigenvalue weighted by Crippen LogP contribution is 2.67. The summed E-state index contributed by atoms with van der Waals surface area (Å²) in [6.07, 6.45) is 10.7. The average molecular weight is 357 g/mol. The zero-order valence-corrected chi connectivity index (χ0v) is 16.3. The highest BCUT2D eigenvalue weighted by Gasteiger charge is 2.62. The van der Waals surface area contributed by atoms with Crippen molar-refractivity contribution >= 4 is 11.8 Å². The molecule has 5 fully saturated rings. The van der Waals surface area contributed by atoms with Crippen LogP contribution in [0, 0.1) is 34.5 Å². The van der Waals surface area contributed by atoms with Gasteiger partial charge in [0.15, 0.2) is 0 Å². The van der Waals surface area contributed by atoms with E-state index >= 15 is 0 Å². The largest absolute Gasteiger partial charge is 0.455 e. The van der Waals surface area contributed by atoms with Crippen molar-refractivity contribution in [2.24, 2.45) is 34.5 Å². The van der Waals surface area contributed by atoms with Gasteiger partial charge in [0, 0.05) is 23.8 Å². The number of fused-ring (bicyclic) bond motifs is 5. The van der Waals surface area contributed by atoms with Crippen LogP contribution in [0.2, 0.25) is 0 Å². The predicted octanol–water partition coefficient (Wildman–Crippen LogP) is 4.84. The maximum atomic E-state index is 12.5. The van der Waals surface area contributed by atoms with E-state index in [4.69, 9.17) is 4.74 Å². The van der Waals surface area contributed by atoms with Crippen LogP contribution in [-0.2, 0) is 14.3 Å². The highest BCUT2D eigenvalue weighted by molar-refractivity contribution is 5.90. The number of hydrogen-bond acceptors (Lipinski definition) is 3. The van der Waals surface area contributed by atoms with E-state index in [1.165, 1.54) is 19.3 Å². The van der Waals surface area contributed by atoms with Crippen LogP contribution >= 0.6 is 0 Å². The van der Waals surface area contributed by atoms with E-state index in [9.17, 15) is 9.59 Å². The molecule has 5 aliphatic rings. The number of Topliss-reactive ketones (excluding diaryl/α,β-unsaturated/α-hetero) is 1. The van der Waals surface area contributed by atoms with Crippen molar-refractivity contribution < 1.29 is 14.3 Å². The number of esters is 1. The van der Waals surface area contributed by atoms with Crippen molar-refractivity contribution in [3.63, 3.8) is 0 Å². The minimum absolute atomic E-state index is 0.0288. The molecule has 3 heteroatoms. The first-order valence-electron chi connectivity index (χ1n) is 10.7. The third-order valence-corrected chi connectivity index (χ3v) is 9.65. The first kappa shape index (κ1) is 17.0. The Morgan fingerprint density at radius 1 is 1.00 bits per heavy atom. The van der Waals surface area contributed by atoms with E-state index in [1.807, 2.05) is 0 Å². The summed E-state index contributed by atoms with van der Waals surface area (Å²) in [6.45, 7) is 8.70. The molecule has 3 unspecified atom stereocenters. The molecule has 0 aromatic carbocycles. The Bertz CT molecular complexity index is 678. The van der Waals surface area contributed by atoms with Crippen molar-refractivity contribution in [3.05, 3.63) is 12.2 Å². The van der Waals surface area contributed by atoms with Gasteiger partial charge in [-0.05, 0) is 80.5 Å². The van der Waals surface area contributed by atoms with Gasteiger partial charge >= 0.3 is 5.97 Å². The molecule has 0 N–H and O–H groups in total. The Kier molecular flexibility index (Phi) is 3.42. The zero-order chi connectivity index (χ0) is 18.3. The van der Waals surface area contributed by atoms with Crippen LogP contribution in [0.15, 0.2) is 12.2 Å². The summed E-state index contributed by atoms with van der Waals surface area (Å²) in [4.78, 5) is 24.5. The third kappa shape index (κ3) is 2.06. The van der Waals surface area contributed by atoms with Gasteiger partial charge in [0.1, 0.15) is 11.4 Å². The standard InChI is InChI=1S/C23H32O3/c1-14-12-23(26-20(14)25)11-10-21(2)15(13-23)4-5-16-17-6-7-19(24)22(17,3)9-8-18(16)21/h15-18H,1,4-13H2,2-3H3/t15-,16-,17-,18-,21?,22?,23?/m0/s1. The lowest BCUT2D eigenvalue weighted by Gasteiger charge is -2.61. The first-order chi connectivity index (χ1) is 12.3. The molecule has 4 aliphatic carbocycles. The first-order valence-corrected chi connectivity index (χ1v) is 10.7. The maximum absolute atomic E-state index is 12.5. The Labute approximate surface area is 156 Å². The number of hydrogen-bond donors (Lipinski definition) is 0. The zero-order valence-electron chi connectivity index (χ0n) is 16.3. The number of carbonyl (C=O) groups excluding carboxylic acids is 2. The Balaban J connectivity index is 1.41. The topological polar surface area (TPSA) is 43.4 Å². The summed E-state index contributed by atoms with van der Waals surface area (Å²) in [7, 11) is 0. The molecule has 0 amide bonds. The predicted molar refractivity (Wildman–Crippen MR) is 99.3 cm³/mol. The molecule has 7 atom stereocenters. The highest BCUT2D eigenvalue weighted by atomic mass is 16.6. The Morgan fingerprint density at radius 3 is 2.54 bits per heavy atom. The molecule has 1 heterocycles. The minimum atomic E-state index is -0.252. The Hall–Kier alpha value is -1.12. The van der Waals surface area contributed by atoms with Crippen LogP contribution in [0.25, 0.3) is 0 Å². The summed E-state index contributed by atoms with van der Waals surface area (Å²) in [5.41, 5.74) is 0.744. The molecular weight excluding hydrogens is 324 g/mol. The van der Waals surface area contributed by atoms with Gasteiger partial charge in [-0.15, -0.1) is 0 Å². The number of ketones is 1. The van der Waals surface area contributed by atoms with E-state index in [-0.39, 0.29) is 17.0 Å². The van der Waals surface area contributed by atoms with Crippen molar-refractivity contribution in [1.82, 2.24) is 0 Å². The molecule has 1 spiro atoms. The van der Waals surface area contributed by atoms with Gasteiger partial charge in [-0.1, -0.05) is 20.4 Å². The number of carbonyl (C=O) groups is 2. The summed E-state index contributed by atoms with van der Waals surface area (Å²) in [5.74, 6) is 3.12. The van der Waals surface area contributed by atoms with Crippen LogP contribution in [0.3, 0.4) is 0 Å². The van der Waals surface area contributed by atoms with E-state index < -0.39 is 0 Å². The van der Waals surface area contributed by atoms with Crippen LogP contribution in [0.5, 0.6) is 0 Å². The molecule has 142 valence electrons. The summed E-state index contributed by atoms with van der Waals surface area (Å²) in [5, 5.41) is 0. The average Bonchev–Trinajstić information content (AvgIpc) is 3.05. The van der Waals surface area contributed by atoms with Gasteiger partial charge < -0.3 is 4.74 Å². The molecule has 1 saturated heterocycles. The van der Waals surface area contributed by atoms with Gasteiger partial charge in [0.2, 0.25) is 0 Å². The summed E-state index contributed by atoms with van der Waals surface area (Å²) < 4.78 is 5.85. The smallest absolute Gasteiger partial charge is 0.334 e. The molecule has 5 rings (SSSR count). The van der Waals surface area contributed by atoms with Gasteiger partial charge in [0.05, 0.1) is 0 Å². The fourth-order valence-corrected chi connectivity index (χ4v) is 8.10. The van der Waals surface area contributed by atoms with E-state index in [0.29, 0.717) is 28.6 Å². The van der Waals surface area contributed by atoms with E-state index in [0.717, 1.165) is 56.8 Å². The molecule has 0 bridgehead atoms. The molecule has 0 radical (unpaired) electrons. The quantitative estimate of drug-likeness (QED) is 0.461. The Morgan fingerprint density at radius 2 is 1.81 bits per heavy atom. The van der Waals surface area contributed by atoms with Gasteiger partial charge in [-0.2, -0.15) is 0 Å². The van der Waals surface area contributed by atoms with Crippen molar-refractivity contribution in [2.45, 2.75) is 83.7 Å². The van der Waals surface area contributed by atoms with Crippen LogP contribution < -0.4 is 0 Å². The van der Waals surface area contributed by atoms with E-state index in [2.05, 4.69) is 20.4 Å². The summed E-state index contributed by atoms with van der Waals surface area (Å²) in [6, 6.07) is 0. The van der Waals surface area contributed by atoms with Crippen LogP contribution in [0.1, 0.15) is 78.1 Å². The fraction of sp³-hybridized carbons (Fsp3) is 0.826. The second kappa shape index (κ2) is 5.23. The van der Waals surface area contributed by atoms with Crippen LogP contribution in [-0.4, -0.2) is 17.4 Å². The molecule has 26 heavy (non-hydrogen) atoms. The number of ether oxygens (including phenoxy) is 1. The second-order valence-electron chi connectivity index (χ2n) is 10.6. The van der Waals surface area contributed by atoms with Gasteiger partial charge in [0.25, 0.3) is 0 Å². The molecule has 3 nitrogen and oxygen atoms in total. The molecule has 0 aromatic heterocycles. The lowest BCUT2D eigenvalue weighted by atomic mass is 9.44. The van der Waals surface area contributed by atoms with Gasteiger partial charge in [-0.3, -0.25) is 4.79 Å². The lowest BCUT2D eigenvalue weighted by Crippen LogP contribution is -2.55. The molecule has 1 aliphatic heterocycles. The SMILES string of the molecule is C=C1CC2(CCC3(C)[C@@H](CC[C@H]4[C@@H]5CCC(=O)C5(C)CC[C@@H]43)C2)OC1=O.